The predicted octanol–water partition coefficient (Wildman–Crippen LogP) is 4.40. The molecule has 72 valence electrons. The van der Waals surface area contributed by atoms with Crippen LogP contribution in [0.1, 0.15) is 44.9 Å². The third-order valence-corrected chi connectivity index (χ3v) is 2.35. The summed E-state index contributed by atoms with van der Waals surface area (Å²) in [5.74, 6) is 0. The van der Waals surface area contributed by atoms with Crippen molar-refractivity contribution in [2.24, 2.45) is 0 Å². The van der Waals surface area contributed by atoms with Gasteiger partial charge < -0.3 is 0 Å². The standard InChI is InChI=1S/C13H20/c1-2-4-6-8-10-12-13-11-9-7-5-3-1/h1-6H,7-13H2. The maximum atomic E-state index is 2.27. The normalized spacial score (nSPS) is 20.3. The Morgan fingerprint density at radius 2 is 0.923 bits per heavy atom. The molecule has 0 aromatic carbocycles. The molecule has 0 saturated carbocycles. The molecule has 0 heterocycles. The summed E-state index contributed by atoms with van der Waals surface area (Å²) in [6.45, 7) is 0. The summed E-state index contributed by atoms with van der Waals surface area (Å²) in [4.78, 5) is 0. The first-order valence-electron chi connectivity index (χ1n) is 5.48. The molecule has 0 aromatic heterocycles. The van der Waals surface area contributed by atoms with Crippen LogP contribution in [0.5, 0.6) is 0 Å². The van der Waals surface area contributed by atoms with E-state index in [-0.39, 0.29) is 0 Å². The summed E-state index contributed by atoms with van der Waals surface area (Å²) >= 11 is 0. The van der Waals surface area contributed by atoms with Crippen LogP contribution in [-0.2, 0) is 0 Å². The van der Waals surface area contributed by atoms with Crippen LogP contribution < -0.4 is 0 Å². The summed E-state index contributed by atoms with van der Waals surface area (Å²) in [6, 6.07) is 0. The van der Waals surface area contributed by atoms with Crippen molar-refractivity contribution < 1.29 is 0 Å². The topological polar surface area (TPSA) is 0 Å². The number of rotatable bonds is 0. The Hall–Kier alpha value is -0.780. The molecule has 0 radical (unpaired) electrons. The third-order valence-electron chi connectivity index (χ3n) is 2.35. The molecule has 0 unspecified atom stereocenters. The van der Waals surface area contributed by atoms with Crippen LogP contribution in [0.2, 0.25) is 0 Å². The van der Waals surface area contributed by atoms with E-state index in [1.807, 2.05) is 0 Å². The van der Waals surface area contributed by atoms with E-state index >= 15 is 0 Å². The molecule has 0 saturated heterocycles. The summed E-state index contributed by atoms with van der Waals surface area (Å²) in [5, 5.41) is 0. The first-order chi connectivity index (χ1) is 6.50. The van der Waals surface area contributed by atoms with E-state index in [0.717, 1.165) is 0 Å². The van der Waals surface area contributed by atoms with Gasteiger partial charge in [-0.2, -0.15) is 0 Å². The average molecular weight is 176 g/mol. The van der Waals surface area contributed by atoms with Gasteiger partial charge in [0.25, 0.3) is 0 Å². The molecule has 13 heavy (non-hydrogen) atoms. The minimum Gasteiger partial charge on any atom is -0.0845 e. The second-order valence-electron chi connectivity index (χ2n) is 3.59. The Morgan fingerprint density at radius 1 is 0.462 bits per heavy atom. The van der Waals surface area contributed by atoms with Crippen LogP contribution in [0.15, 0.2) is 36.5 Å². The molecule has 0 heteroatoms. The fourth-order valence-corrected chi connectivity index (χ4v) is 1.53. The molecule has 0 fully saturated rings. The lowest BCUT2D eigenvalue weighted by atomic mass is 10.1. The fraction of sp³-hybridized carbons (Fsp3) is 0.538. The maximum absolute atomic E-state index is 2.27. The number of allylic oxidation sites excluding steroid dienone is 6. The summed E-state index contributed by atoms with van der Waals surface area (Å²) in [7, 11) is 0. The lowest BCUT2D eigenvalue weighted by Crippen LogP contribution is -1.77. The minimum atomic E-state index is 1.24. The molecule has 0 nitrogen and oxygen atoms in total. The van der Waals surface area contributed by atoms with Crippen LogP contribution in [0.4, 0.5) is 0 Å². The minimum absolute atomic E-state index is 1.24. The van der Waals surface area contributed by atoms with E-state index in [1.54, 1.807) is 0 Å². The van der Waals surface area contributed by atoms with Crippen molar-refractivity contribution in [3.05, 3.63) is 36.5 Å². The molecule has 0 aromatic rings. The van der Waals surface area contributed by atoms with Crippen molar-refractivity contribution in [3.63, 3.8) is 0 Å². The zero-order valence-corrected chi connectivity index (χ0v) is 8.41. The Labute approximate surface area is 82.0 Å². The van der Waals surface area contributed by atoms with Gasteiger partial charge in [-0.3, -0.25) is 0 Å². The molecule has 0 aliphatic heterocycles. The first kappa shape index (κ1) is 10.3. The van der Waals surface area contributed by atoms with Gasteiger partial charge in [0.1, 0.15) is 0 Å². The smallest absolute Gasteiger partial charge is 0.0348 e. The lowest BCUT2D eigenvalue weighted by molar-refractivity contribution is 0.622. The average Bonchev–Trinajstić information content (AvgIpc) is 2.18. The van der Waals surface area contributed by atoms with E-state index in [1.165, 1.54) is 44.9 Å². The highest BCUT2D eigenvalue weighted by Gasteiger charge is 1.88. The summed E-state index contributed by atoms with van der Waals surface area (Å²) < 4.78 is 0. The van der Waals surface area contributed by atoms with E-state index in [4.69, 9.17) is 0 Å². The molecule has 1 rings (SSSR count). The molecule has 0 amide bonds. The van der Waals surface area contributed by atoms with Gasteiger partial charge in [0.05, 0.1) is 0 Å². The Kier molecular flexibility index (Phi) is 6.22. The monoisotopic (exact) mass is 176 g/mol. The predicted molar refractivity (Wildman–Crippen MR) is 59.7 cm³/mol. The van der Waals surface area contributed by atoms with Gasteiger partial charge in [-0.05, 0) is 25.7 Å². The molecule has 1 aliphatic carbocycles. The van der Waals surface area contributed by atoms with Gasteiger partial charge in [0.2, 0.25) is 0 Å². The second-order valence-corrected chi connectivity index (χ2v) is 3.59. The zero-order valence-electron chi connectivity index (χ0n) is 8.41. The molecule has 1 aliphatic rings. The SMILES string of the molecule is C1=CC=CCCCCCCCC=C1. The van der Waals surface area contributed by atoms with Gasteiger partial charge in [0, 0.05) is 0 Å². The number of hydrogen-bond donors (Lipinski definition) is 0. The number of hydrogen-bond acceptors (Lipinski definition) is 0. The van der Waals surface area contributed by atoms with Crippen molar-refractivity contribution >= 4 is 0 Å². The highest BCUT2D eigenvalue weighted by molar-refractivity contribution is 5.10. The largest absolute Gasteiger partial charge is 0.0845 e. The zero-order chi connectivity index (χ0) is 9.19. The van der Waals surface area contributed by atoms with Crippen molar-refractivity contribution in [2.75, 3.05) is 0 Å². The van der Waals surface area contributed by atoms with Gasteiger partial charge in [-0.25, -0.2) is 0 Å². The van der Waals surface area contributed by atoms with Gasteiger partial charge in [-0.15, -0.1) is 0 Å². The van der Waals surface area contributed by atoms with E-state index in [9.17, 15) is 0 Å². The molecule has 0 spiro atoms. The summed E-state index contributed by atoms with van der Waals surface area (Å²) in [6.07, 6.45) is 22.5. The van der Waals surface area contributed by atoms with Crippen molar-refractivity contribution in [2.45, 2.75) is 44.9 Å². The van der Waals surface area contributed by atoms with Crippen LogP contribution in [0, 0.1) is 0 Å². The van der Waals surface area contributed by atoms with Crippen molar-refractivity contribution in [3.8, 4) is 0 Å². The molecular weight excluding hydrogens is 156 g/mol. The van der Waals surface area contributed by atoms with Crippen LogP contribution in [-0.4, -0.2) is 0 Å². The van der Waals surface area contributed by atoms with Crippen LogP contribution >= 0.6 is 0 Å². The van der Waals surface area contributed by atoms with Gasteiger partial charge in [0.15, 0.2) is 0 Å². The van der Waals surface area contributed by atoms with E-state index < -0.39 is 0 Å². The third kappa shape index (κ3) is 6.39. The van der Waals surface area contributed by atoms with Gasteiger partial charge >= 0.3 is 0 Å². The maximum Gasteiger partial charge on any atom is -0.0348 e. The lowest BCUT2D eigenvalue weighted by Gasteiger charge is -1.97. The van der Waals surface area contributed by atoms with Crippen molar-refractivity contribution in [1.29, 1.82) is 0 Å². The second kappa shape index (κ2) is 7.85. The van der Waals surface area contributed by atoms with E-state index in [0.29, 0.717) is 0 Å². The summed E-state index contributed by atoms with van der Waals surface area (Å²) in [5.41, 5.74) is 0. The fourth-order valence-electron chi connectivity index (χ4n) is 1.53. The molecule has 0 bridgehead atoms. The molecule has 0 N–H and O–H groups in total. The molecule has 0 atom stereocenters. The highest BCUT2D eigenvalue weighted by atomic mass is 13.9. The Bertz CT molecular complexity index is 164. The van der Waals surface area contributed by atoms with Crippen molar-refractivity contribution in [1.82, 2.24) is 0 Å². The van der Waals surface area contributed by atoms with Crippen LogP contribution in [0.3, 0.4) is 0 Å². The Morgan fingerprint density at radius 3 is 1.46 bits per heavy atom. The first-order valence-corrected chi connectivity index (χ1v) is 5.48. The highest BCUT2D eigenvalue weighted by Crippen LogP contribution is 2.08. The van der Waals surface area contributed by atoms with E-state index in [2.05, 4.69) is 36.5 Å². The van der Waals surface area contributed by atoms with Crippen LogP contribution in [0.25, 0.3) is 0 Å². The quantitative estimate of drug-likeness (QED) is 0.513. The van der Waals surface area contributed by atoms with Gasteiger partial charge in [-0.1, -0.05) is 55.7 Å². The molecular formula is C13H20. The Balaban J connectivity index is 2.29.